The zero-order valence-corrected chi connectivity index (χ0v) is 19.6. The van der Waals surface area contributed by atoms with Crippen molar-refractivity contribution in [2.45, 2.75) is 13.8 Å². The maximum Gasteiger partial charge on any atom is 0.259 e. The van der Waals surface area contributed by atoms with Crippen LogP contribution in [-0.2, 0) is 16.6 Å². The van der Waals surface area contributed by atoms with E-state index in [1.54, 1.807) is 6.26 Å². The highest BCUT2D eigenvalue weighted by molar-refractivity contribution is 6.50. The van der Waals surface area contributed by atoms with Crippen LogP contribution in [0.4, 0.5) is 0 Å². The number of nitrogens with one attached hydrogen (secondary N) is 1. The first kappa shape index (κ1) is 22.0. The Morgan fingerprint density at radius 2 is 1.76 bits per heavy atom. The van der Waals surface area contributed by atoms with E-state index in [-0.39, 0.29) is 0 Å². The number of carbonyl (C=O) groups excluding carboxylic acids is 2. The van der Waals surface area contributed by atoms with Gasteiger partial charge in [0, 0.05) is 47.2 Å². The minimum atomic E-state index is -0.424. The number of furan rings is 1. The summed E-state index contributed by atoms with van der Waals surface area (Å²) in [4.78, 5) is 28.3. The topological polar surface area (TPSA) is 76.7 Å². The molecule has 174 valence electrons. The first-order valence-electron chi connectivity index (χ1n) is 11.5. The fourth-order valence-electron chi connectivity index (χ4n) is 4.65. The summed E-state index contributed by atoms with van der Waals surface area (Å²) in [7, 11) is 1.93. The van der Waals surface area contributed by atoms with Crippen LogP contribution in [0.5, 0.6) is 5.75 Å². The second kappa shape index (κ2) is 8.83. The second-order valence-electron chi connectivity index (χ2n) is 8.39. The summed E-state index contributed by atoms with van der Waals surface area (Å²) in [5.74, 6) is -0.108. The molecule has 34 heavy (non-hydrogen) atoms. The number of carbonyl (C=O) groups is 2. The molecular weight excluding hydrogens is 430 g/mol. The molecule has 0 unspecified atom stereocenters. The molecule has 3 heterocycles. The van der Waals surface area contributed by atoms with E-state index in [4.69, 9.17) is 9.15 Å². The Kier molecular flexibility index (Phi) is 5.71. The van der Waals surface area contributed by atoms with Crippen LogP contribution in [0.3, 0.4) is 0 Å². The van der Waals surface area contributed by atoms with E-state index >= 15 is 0 Å². The van der Waals surface area contributed by atoms with Gasteiger partial charge in [-0.25, -0.2) is 0 Å². The Balaban J connectivity index is 1.61. The number of imide groups is 1. The fraction of sp³-hybridized carbons (Fsp3) is 0.259. The highest BCUT2D eigenvalue weighted by Gasteiger charge is 2.35. The molecular formula is C27H27N3O4. The normalized spacial score (nSPS) is 14.1. The summed E-state index contributed by atoms with van der Waals surface area (Å²) in [6.07, 6.45) is 3.48. The highest BCUT2D eigenvalue weighted by Crippen LogP contribution is 2.39. The number of rotatable bonds is 8. The molecule has 2 aromatic heterocycles. The van der Waals surface area contributed by atoms with Gasteiger partial charge in [0.15, 0.2) is 0 Å². The minimum Gasteiger partial charge on any atom is -0.492 e. The van der Waals surface area contributed by atoms with Gasteiger partial charge in [0.25, 0.3) is 11.8 Å². The number of para-hydroxylation sites is 1. The molecule has 1 N–H and O–H groups in total. The molecule has 0 radical (unpaired) electrons. The lowest BCUT2D eigenvalue weighted by Gasteiger charge is -2.18. The summed E-state index contributed by atoms with van der Waals surface area (Å²) < 4.78 is 13.7. The summed E-state index contributed by atoms with van der Waals surface area (Å²) in [5, 5.41) is 4.21. The first-order valence-corrected chi connectivity index (χ1v) is 11.5. The zero-order valence-electron chi connectivity index (χ0n) is 19.6. The highest BCUT2D eigenvalue weighted by atomic mass is 16.5. The van der Waals surface area contributed by atoms with E-state index < -0.39 is 11.8 Å². The third kappa shape index (κ3) is 3.68. The van der Waals surface area contributed by atoms with E-state index in [1.165, 1.54) is 0 Å². The summed E-state index contributed by atoms with van der Waals surface area (Å²) in [6, 6.07) is 13.3. The van der Waals surface area contributed by atoms with Crippen molar-refractivity contribution in [1.82, 2.24) is 14.8 Å². The average Bonchev–Trinajstić information content (AvgIpc) is 3.52. The van der Waals surface area contributed by atoms with Crippen LogP contribution in [0.25, 0.3) is 33.0 Å². The lowest BCUT2D eigenvalue weighted by Crippen LogP contribution is -2.27. The van der Waals surface area contributed by atoms with Gasteiger partial charge in [-0.2, -0.15) is 0 Å². The summed E-state index contributed by atoms with van der Waals surface area (Å²) >= 11 is 0. The third-order valence-corrected chi connectivity index (χ3v) is 6.48. The molecule has 0 bridgehead atoms. The Hall–Kier alpha value is -3.84. The number of aryl methyl sites for hydroxylation is 1. The zero-order chi connectivity index (χ0) is 23.8. The minimum absolute atomic E-state index is 0.325. The number of hydrogen-bond donors (Lipinski definition) is 1. The number of ether oxygens (including phenoxy) is 1. The Bertz CT molecular complexity index is 1440. The number of fused-ring (bicyclic) bond motifs is 2. The molecule has 7 heteroatoms. The SMILES string of the molecule is CCN(CC)CCOc1ccc2c(c1)c(C1=C(c3cccc4ccoc34)C(=O)NC1=O)cn2C. The number of amides is 2. The van der Waals surface area contributed by atoms with Gasteiger partial charge in [-0.05, 0) is 37.4 Å². The molecule has 0 saturated heterocycles. The summed E-state index contributed by atoms with van der Waals surface area (Å²) in [6.45, 7) is 7.63. The van der Waals surface area contributed by atoms with Crippen molar-refractivity contribution in [2.75, 3.05) is 26.2 Å². The van der Waals surface area contributed by atoms with Gasteiger partial charge in [0.05, 0.1) is 17.4 Å². The van der Waals surface area contributed by atoms with Crippen LogP contribution in [-0.4, -0.2) is 47.5 Å². The van der Waals surface area contributed by atoms with Crippen molar-refractivity contribution in [3.8, 4) is 5.75 Å². The van der Waals surface area contributed by atoms with Crippen molar-refractivity contribution < 1.29 is 18.7 Å². The van der Waals surface area contributed by atoms with E-state index in [2.05, 4.69) is 24.1 Å². The van der Waals surface area contributed by atoms with Crippen molar-refractivity contribution >= 4 is 44.8 Å². The monoisotopic (exact) mass is 457 g/mol. The van der Waals surface area contributed by atoms with Gasteiger partial charge in [-0.1, -0.05) is 32.0 Å². The smallest absolute Gasteiger partial charge is 0.259 e. The van der Waals surface area contributed by atoms with E-state index in [0.29, 0.717) is 34.5 Å². The standard InChI is InChI=1S/C27H27N3O4/c1-4-30(5-2)12-14-33-18-9-10-22-20(15-18)21(16-29(22)3)24-23(26(31)28-27(24)32)19-8-6-7-17-11-13-34-25(17)19/h6-11,13,15-16H,4-5,12,14H2,1-3H3,(H,28,31,32). The van der Waals surface area contributed by atoms with Crippen LogP contribution in [0, 0.1) is 0 Å². The molecule has 0 fully saturated rings. The number of hydrogen-bond acceptors (Lipinski definition) is 5. The van der Waals surface area contributed by atoms with Crippen LogP contribution < -0.4 is 10.1 Å². The number of likely N-dealkylation sites (N-methyl/N-ethyl adjacent to an activating group) is 1. The Morgan fingerprint density at radius 1 is 1.00 bits per heavy atom. The molecule has 0 spiro atoms. The molecule has 0 saturated carbocycles. The van der Waals surface area contributed by atoms with Gasteiger partial charge < -0.3 is 18.6 Å². The van der Waals surface area contributed by atoms with Crippen molar-refractivity contribution in [1.29, 1.82) is 0 Å². The molecule has 2 amide bonds. The molecule has 1 aliphatic heterocycles. The predicted octanol–water partition coefficient (Wildman–Crippen LogP) is 4.21. The Labute approximate surface area is 197 Å². The van der Waals surface area contributed by atoms with Gasteiger partial charge in [0.1, 0.15) is 17.9 Å². The van der Waals surface area contributed by atoms with E-state index in [1.807, 2.05) is 60.3 Å². The molecule has 5 rings (SSSR count). The number of benzene rings is 2. The first-order chi connectivity index (χ1) is 16.5. The quantitative estimate of drug-likeness (QED) is 0.401. The van der Waals surface area contributed by atoms with E-state index in [9.17, 15) is 9.59 Å². The number of nitrogens with zero attached hydrogens (tertiary/aromatic N) is 2. The van der Waals surface area contributed by atoms with Crippen LogP contribution in [0.1, 0.15) is 25.0 Å². The molecule has 4 aromatic rings. The largest absolute Gasteiger partial charge is 0.492 e. The Morgan fingerprint density at radius 3 is 2.53 bits per heavy atom. The summed E-state index contributed by atoms with van der Waals surface area (Å²) in [5.41, 5.74) is 3.49. The predicted molar refractivity (Wildman–Crippen MR) is 132 cm³/mol. The lowest BCUT2D eigenvalue weighted by molar-refractivity contribution is -0.122. The van der Waals surface area contributed by atoms with Gasteiger partial charge in [-0.15, -0.1) is 0 Å². The van der Waals surface area contributed by atoms with Gasteiger partial charge in [0.2, 0.25) is 0 Å². The molecule has 2 aromatic carbocycles. The molecule has 0 aliphatic carbocycles. The molecule has 0 atom stereocenters. The van der Waals surface area contributed by atoms with Crippen molar-refractivity contribution in [3.05, 3.63) is 66.1 Å². The maximum absolute atomic E-state index is 13.0. The number of aromatic nitrogens is 1. The van der Waals surface area contributed by atoms with Crippen LogP contribution in [0.15, 0.2) is 59.3 Å². The van der Waals surface area contributed by atoms with Gasteiger partial charge in [-0.3, -0.25) is 14.9 Å². The third-order valence-electron chi connectivity index (χ3n) is 6.48. The molecule has 7 nitrogen and oxygen atoms in total. The maximum atomic E-state index is 13.0. The van der Waals surface area contributed by atoms with E-state index in [0.717, 1.165) is 41.7 Å². The van der Waals surface area contributed by atoms with Crippen molar-refractivity contribution in [3.63, 3.8) is 0 Å². The molecule has 1 aliphatic rings. The fourth-order valence-corrected chi connectivity index (χ4v) is 4.65. The second-order valence-corrected chi connectivity index (χ2v) is 8.39. The van der Waals surface area contributed by atoms with Gasteiger partial charge >= 0.3 is 0 Å². The lowest BCUT2D eigenvalue weighted by atomic mass is 9.95. The van der Waals surface area contributed by atoms with Crippen LogP contribution >= 0.6 is 0 Å². The average molecular weight is 458 g/mol. The van der Waals surface area contributed by atoms with Crippen LogP contribution in [0.2, 0.25) is 0 Å². The van der Waals surface area contributed by atoms with Crippen molar-refractivity contribution in [2.24, 2.45) is 7.05 Å².